The highest BCUT2D eigenvalue weighted by molar-refractivity contribution is 6.02. The second-order valence-corrected chi connectivity index (χ2v) is 6.73. The quantitative estimate of drug-likeness (QED) is 0.629. The standard InChI is InChI=1S/C24H21N3O/c1-28-21-14-12-18(13-15-21)22-16-23(19-8-4-2-5-9-19)27(26-22)24(17-25)20-10-6-3-7-11-20/h2-15,23-24H,16H2,1H3. The minimum Gasteiger partial charge on any atom is -0.497 e. The maximum atomic E-state index is 9.95. The molecule has 0 aromatic heterocycles. The molecule has 4 nitrogen and oxygen atoms in total. The van der Waals surface area contributed by atoms with Crippen LogP contribution >= 0.6 is 0 Å². The highest BCUT2D eigenvalue weighted by Gasteiger charge is 2.34. The van der Waals surface area contributed by atoms with Gasteiger partial charge in [-0.15, -0.1) is 0 Å². The van der Waals surface area contributed by atoms with Gasteiger partial charge in [0.25, 0.3) is 0 Å². The molecule has 3 aromatic rings. The number of hydrogen-bond acceptors (Lipinski definition) is 4. The van der Waals surface area contributed by atoms with Crippen LogP contribution in [0.5, 0.6) is 5.75 Å². The monoisotopic (exact) mass is 367 g/mol. The van der Waals surface area contributed by atoms with Crippen molar-refractivity contribution in [1.82, 2.24) is 5.01 Å². The Labute approximate surface area is 165 Å². The molecule has 3 aromatic carbocycles. The molecule has 1 aliphatic rings. The summed E-state index contributed by atoms with van der Waals surface area (Å²) in [4.78, 5) is 0. The lowest BCUT2D eigenvalue weighted by molar-refractivity contribution is 0.196. The molecule has 0 saturated heterocycles. The Morgan fingerprint density at radius 1 is 0.964 bits per heavy atom. The second kappa shape index (κ2) is 7.98. The zero-order valence-electron chi connectivity index (χ0n) is 15.7. The van der Waals surface area contributed by atoms with E-state index in [2.05, 4.69) is 18.2 Å². The topological polar surface area (TPSA) is 48.6 Å². The molecule has 1 heterocycles. The summed E-state index contributed by atoms with van der Waals surface area (Å²) >= 11 is 0. The molecule has 1 aliphatic heterocycles. The van der Waals surface area contributed by atoms with Crippen LogP contribution in [-0.2, 0) is 0 Å². The van der Waals surface area contributed by atoms with Crippen molar-refractivity contribution in [1.29, 1.82) is 5.26 Å². The first-order chi connectivity index (χ1) is 13.8. The summed E-state index contributed by atoms with van der Waals surface area (Å²) in [6.45, 7) is 0. The summed E-state index contributed by atoms with van der Waals surface area (Å²) in [5, 5.41) is 16.8. The van der Waals surface area contributed by atoms with E-state index < -0.39 is 6.04 Å². The van der Waals surface area contributed by atoms with Gasteiger partial charge in [0.2, 0.25) is 0 Å². The molecular formula is C24H21N3O. The molecule has 0 radical (unpaired) electrons. The van der Waals surface area contributed by atoms with E-state index in [1.165, 1.54) is 0 Å². The van der Waals surface area contributed by atoms with Gasteiger partial charge < -0.3 is 4.74 Å². The summed E-state index contributed by atoms with van der Waals surface area (Å²) < 4.78 is 5.26. The molecule has 4 heteroatoms. The van der Waals surface area contributed by atoms with Gasteiger partial charge in [-0.25, -0.2) is 0 Å². The van der Waals surface area contributed by atoms with Crippen LogP contribution in [0.2, 0.25) is 0 Å². The van der Waals surface area contributed by atoms with E-state index >= 15 is 0 Å². The largest absolute Gasteiger partial charge is 0.497 e. The van der Waals surface area contributed by atoms with Gasteiger partial charge in [0, 0.05) is 6.42 Å². The van der Waals surface area contributed by atoms with Gasteiger partial charge in [-0.05, 0) is 41.0 Å². The fraction of sp³-hybridized carbons (Fsp3) is 0.167. The maximum absolute atomic E-state index is 9.95. The van der Waals surface area contributed by atoms with Gasteiger partial charge in [-0.1, -0.05) is 60.7 Å². The summed E-state index contributed by atoms with van der Waals surface area (Å²) in [5.74, 6) is 0.818. The van der Waals surface area contributed by atoms with Crippen LogP contribution in [-0.4, -0.2) is 17.8 Å². The van der Waals surface area contributed by atoms with Crippen LogP contribution in [0, 0.1) is 11.3 Å². The fourth-order valence-electron chi connectivity index (χ4n) is 3.59. The highest BCUT2D eigenvalue weighted by atomic mass is 16.5. The Hall–Kier alpha value is -3.58. The van der Waals surface area contributed by atoms with Crippen molar-refractivity contribution in [2.24, 2.45) is 5.10 Å². The van der Waals surface area contributed by atoms with E-state index in [9.17, 15) is 5.26 Å². The zero-order valence-corrected chi connectivity index (χ0v) is 15.7. The van der Waals surface area contributed by atoms with E-state index in [4.69, 9.17) is 9.84 Å². The molecule has 2 atom stereocenters. The average Bonchev–Trinajstić information content (AvgIpc) is 3.21. The lowest BCUT2D eigenvalue weighted by Gasteiger charge is -2.28. The Kier molecular flexibility index (Phi) is 5.07. The molecular weight excluding hydrogens is 346 g/mol. The molecule has 0 saturated carbocycles. The lowest BCUT2D eigenvalue weighted by Crippen LogP contribution is -2.24. The van der Waals surface area contributed by atoms with Gasteiger partial charge in [0.1, 0.15) is 5.75 Å². The first kappa shape index (κ1) is 17.8. The van der Waals surface area contributed by atoms with Crippen molar-refractivity contribution >= 4 is 5.71 Å². The van der Waals surface area contributed by atoms with Crippen molar-refractivity contribution in [3.63, 3.8) is 0 Å². The molecule has 2 unspecified atom stereocenters. The van der Waals surface area contributed by atoms with Gasteiger partial charge in [-0.3, -0.25) is 5.01 Å². The predicted molar refractivity (Wildman–Crippen MR) is 110 cm³/mol. The fourth-order valence-corrected chi connectivity index (χ4v) is 3.59. The molecule has 0 fully saturated rings. The van der Waals surface area contributed by atoms with E-state index in [0.29, 0.717) is 0 Å². The van der Waals surface area contributed by atoms with Gasteiger partial charge in [-0.2, -0.15) is 10.4 Å². The van der Waals surface area contributed by atoms with Crippen molar-refractivity contribution in [3.8, 4) is 11.8 Å². The van der Waals surface area contributed by atoms with Gasteiger partial charge in [0.15, 0.2) is 6.04 Å². The number of ether oxygens (including phenoxy) is 1. The van der Waals surface area contributed by atoms with Crippen molar-refractivity contribution in [2.75, 3.05) is 7.11 Å². The Balaban J connectivity index is 1.73. The zero-order chi connectivity index (χ0) is 19.3. The number of hydrazone groups is 1. The van der Waals surface area contributed by atoms with Crippen LogP contribution in [0.3, 0.4) is 0 Å². The number of hydrogen-bond donors (Lipinski definition) is 0. The third-order valence-electron chi connectivity index (χ3n) is 5.05. The van der Waals surface area contributed by atoms with Crippen LogP contribution in [0.4, 0.5) is 0 Å². The number of methoxy groups -OCH3 is 1. The predicted octanol–water partition coefficient (Wildman–Crippen LogP) is 5.11. The highest BCUT2D eigenvalue weighted by Crippen LogP contribution is 2.38. The Bertz CT molecular complexity index is 992. The van der Waals surface area contributed by atoms with Crippen LogP contribution < -0.4 is 4.74 Å². The van der Waals surface area contributed by atoms with Crippen LogP contribution in [0.1, 0.15) is 35.2 Å². The minimum atomic E-state index is -0.442. The summed E-state index contributed by atoms with van der Waals surface area (Å²) in [7, 11) is 1.66. The molecule has 0 amide bonds. The number of nitriles is 1. The molecule has 4 rings (SSSR count). The van der Waals surface area contributed by atoms with E-state index in [0.717, 1.165) is 34.6 Å². The minimum absolute atomic E-state index is 0.0168. The Morgan fingerprint density at radius 2 is 1.61 bits per heavy atom. The molecule has 28 heavy (non-hydrogen) atoms. The van der Waals surface area contributed by atoms with Crippen LogP contribution in [0.25, 0.3) is 0 Å². The summed E-state index contributed by atoms with van der Waals surface area (Å²) in [5.41, 5.74) is 4.14. The molecule has 138 valence electrons. The van der Waals surface area contributed by atoms with E-state index in [1.54, 1.807) is 7.11 Å². The third-order valence-corrected chi connectivity index (χ3v) is 5.05. The molecule has 0 aliphatic carbocycles. The van der Waals surface area contributed by atoms with E-state index in [-0.39, 0.29) is 6.04 Å². The number of rotatable bonds is 5. The van der Waals surface area contributed by atoms with Gasteiger partial charge >= 0.3 is 0 Å². The number of nitrogens with zero attached hydrogens (tertiary/aromatic N) is 3. The molecule has 0 bridgehead atoms. The lowest BCUT2D eigenvalue weighted by atomic mass is 9.97. The Morgan fingerprint density at radius 3 is 2.21 bits per heavy atom. The first-order valence-corrected chi connectivity index (χ1v) is 9.30. The maximum Gasteiger partial charge on any atom is 0.159 e. The average molecular weight is 367 g/mol. The number of benzene rings is 3. The summed E-state index contributed by atoms with van der Waals surface area (Å²) in [6.07, 6.45) is 0.751. The van der Waals surface area contributed by atoms with Gasteiger partial charge in [0.05, 0.1) is 24.9 Å². The molecule has 0 spiro atoms. The second-order valence-electron chi connectivity index (χ2n) is 6.73. The summed E-state index contributed by atoms with van der Waals surface area (Å²) in [6, 6.07) is 30.1. The van der Waals surface area contributed by atoms with E-state index in [1.807, 2.05) is 77.8 Å². The van der Waals surface area contributed by atoms with Crippen molar-refractivity contribution in [3.05, 3.63) is 102 Å². The molecule has 0 N–H and O–H groups in total. The van der Waals surface area contributed by atoms with Crippen molar-refractivity contribution < 1.29 is 4.74 Å². The normalized spacial score (nSPS) is 16.9. The smallest absolute Gasteiger partial charge is 0.159 e. The van der Waals surface area contributed by atoms with Crippen molar-refractivity contribution in [2.45, 2.75) is 18.5 Å². The first-order valence-electron chi connectivity index (χ1n) is 9.30. The SMILES string of the molecule is COc1ccc(C2=NN(C(C#N)c3ccccc3)C(c3ccccc3)C2)cc1. The van der Waals surface area contributed by atoms with Crippen LogP contribution in [0.15, 0.2) is 90.0 Å². The third kappa shape index (κ3) is 3.47.